The molecule has 1 heterocycles. The Morgan fingerprint density at radius 2 is 1.94 bits per heavy atom. The van der Waals surface area contributed by atoms with Crippen molar-refractivity contribution in [1.29, 1.82) is 0 Å². The van der Waals surface area contributed by atoms with E-state index >= 15 is 0 Å². The number of hydrogen-bond acceptors (Lipinski definition) is 4. The van der Waals surface area contributed by atoms with Gasteiger partial charge in [0.15, 0.2) is 12.1 Å². The van der Waals surface area contributed by atoms with Gasteiger partial charge in [-0.15, -0.1) is 0 Å². The van der Waals surface area contributed by atoms with Crippen molar-refractivity contribution in [3.8, 4) is 5.75 Å². The molecule has 1 aliphatic rings. The van der Waals surface area contributed by atoms with Crippen LogP contribution in [0.25, 0.3) is 6.08 Å². The van der Waals surface area contributed by atoms with Gasteiger partial charge in [-0.1, -0.05) is 12.1 Å². The molecule has 1 aromatic rings. The summed E-state index contributed by atoms with van der Waals surface area (Å²) >= 11 is 0. The Kier molecular flexibility index (Phi) is 2.74. The number of benzene rings is 1. The van der Waals surface area contributed by atoms with Crippen molar-refractivity contribution in [1.82, 2.24) is 4.90 Å². The predicted octanol–water partition coefficient (Wildman–Crippen LogP) is 0.802. The number of phenolic OH excluding ortho intramolecular Hbond substituents is 1. The molecule has 0 saturated heterocycles. The number of carbonyl (C=O) groups excluding carboxylic acids is 2. The Bertz CT molecular complexity index is 529. The molecule has 2 rings (SSSR count). The fourth-order valence-corrected chi connectivity index (χ4v) is 1.45. The van der Waals surface area contributed by atoms with Crippen LogP contribution < -0.4 is 0 Å². The molecular weight excluding hydrogens is 220 g/mol. The lowest BCUT2D eigenvalue weighted by Crippen LogP contribution is -2.28. The maximum atomic E-state index is 11.7. The molecule has 0 saturated carbocycles. The number of carbonyl (C=O) groups is 2. The van der Waals surface area contributed by atoms with Crippen molar-refractivity contribution >= 4 is 24.1 Å². The third-order valence-electron chi connectivity index (χ3n) is 2.40. The lowest BCUT2D eigenvalue weighted by Gasteiger charge is -2.05. The number of hydrogen-bond donors (Lipinski definition) is 1. The number of likely N-dealkylation sites (N-methyl/N-ethyl adjacent to an activating group) is 1. The first-order valence-corrected chi connectivity index (χ1v) is 4.94. The molecule has 1 aromatic carbocycles. The maximum absolute atomic E-state index is 11.7. The third kappa shape index (κ3) is 2.08. The molecular formula is C12H10N2O3. The molecule has 1 N–H and O–H groups in total. The van der Waals surface area contributed by atoms with Gasteiger partial charge in [-0.25, -0.2) is 4.99 Å². The fraction of sp³-hybridized carbons (Fsp3) is 0.0833. The van der Waals surface area contributed by atoms with Crippen LogP contribution in [0.5, 0.6) is 5.75 Å². The second-order valence-corrected chi connectivity index (χ2v) is 3.57. The van der Waals surface area contributed by atoms with Gasteiger partial charge in [-0.05, 0) is 23.8 Å². The molecule has 0 fully saturated rings. The average Bonchev–Trinajstić information content (AvgIpc) is 2.60. The summed E-state index contributed by atoms with van der Waals surface area (Å²) in [5, 5.41) is 9.12. The predicted molar refractivity (Wildman–Crippen MR) is 62.4 cm³/mol. The molecule has 0 unspecified atom stereocenters. The fourth-order valence-electron chi connectivity index (χ4n) is 1.45. The molecule has 0 aliphatic carbocycles. The Morgan fingerprint density at radius 1 is 1.29 bits per heavy atom. The van der Waals surface area contributed by atoms with Gasteiger partial charge in [0.25, 0.3) is 5.91 Å². The average molecular weight is 230 g/mol. The zero-order valence-corrected chi connectivity index (χ0v) is 9.12. The standard InChI is InChI=1S/C12H10N2O3/c1-14-11(7-15)13-10(12(14)17)6-8-2-4-9(16)5-3-8/h2-7,16H,1H3/b10-6-. The zero-order valence-electron chi connectivity index (χ0n) is 9.12. The first kappa shape index (κ1) is 11.1. The van der Waals surface area contributed by atoms with E-state index in [9.17, 15) is 9.59 Å². The number of rotatable bonds is 2. The normalized spacial score (nSPS) is 17.5. The number of aromatic hydroxyl groups is 1. The minimum atomic E-state index is -0.319. The number of aliphatic imine (C=N–C) groups is 1. The van der Waals surface area contributed by atoms with E-state index in [0.29, 0.717) is 6.29 Å². The summed E-state index contributed by atoms with van der Waals surface area (Å²) in [5.74, 6) is -0.0701. The molecule has 17 heavy (non-hydrogen) atoms. The number of amides is 1. The Morgan fingerprint density at radius 3 is 2.47 bits per heavy atom. The second-order valence-electron chi connectivity index (χ2n) is 3.57. The third-order valence-corrected chi connectivity index (χ3v) is 2.40. The summed E-state index contributed by atoms with van der Waals surface area (Å²) in [6.45, 7) is 0. The van der Waals surface area contributed by atoms with Crippen LogP contribution >= 0.6 is 0 Å². The summed E-state index contributed by atoms with van der Waals surface area (Å²) in [4.78, 5) is 27.4. The smallest absolute Gasteiger partial charge is 0.277 e. The van der Waals surface area contributed by atoms with Crippen molar-refractivity contribution < 1.29 is 14.7 Å². The van der Waals surface area contributed by atoms with E-state index in [1.54, 1.807) is 18.2 Å². The first-order chi connectivity index (χ1) is 8.11. The van der Waals surface area contributed by atoms with Gasteiger partial charge < -0.3 is 5.11 Å². The Balaban J connectivity index is 2.35. The highest BCUT2D eigenvalue weighted by Crippen LogP contribution is 2.17. The summed E-state index contributed by atoms with van der Waals surface area (Å²) in [6.07, 6.45) is 2.10. The number of phenols is 1. The van der Waals surface area contributed by atoms with E-state index in [1.165, 1.54) is 24.1 Å². The van der Waals surface area contributed by atoms with Crippen LogP contribution in [-0.2, 0) is 9.59 Å². The van der Waals surface area contributed by atoms with E-state index in [-0.39, 0.29) is 23.2 Å². The van der Waals surface area contributed by atoms with Gasteiger partial charge in [0.2, 0.25) is 0 Å². The van der Waals surface area contributed by atoms with Crippen LogP contribution in [0.3, 0.4) is 0 Å². The van der Waals surface area contributed by atoms with E-state index < -0.39 is 0 Å². The topological polar surface area (TPSA) is 70.0 Å². The number of aldehydes is 1. The molecule has 0 bridgehead atoms. The van der Waals surface area contributed by atoms with Gasteiger partial charge in [-0.3, -0.25) is 14.5 Å². The molecule has 86 valence electrons. The van der Waals surface area contributed by atoms with Crippen molar-refractivity contribution in [3.05, 3.63) is 35.5 Å². The molecule has 0 aromatic heterocycles. The van der Waals surface area contributed by atoms with Crippen LogP contribution in [0.2, 0.25) is 0 Å². The SMILES string of the molecule is CN1C(=O)/C(=C/c2ccc(O)cc2)N=C1C=O. The monoisotopic (exact) mass is 230 g/mol. The molecule has 1 amide bonds. The van der Waals surface area contributed by atoms with Gasteiger partial charge in [0.1, 0.15) is 11.4 Å². The lowest BCUT2D eigenvalue weighted by atomic mass is 10.2. The van der Waals surface area contributed by atoms with Crippen LogP contribution in [0.1, 0.15) is 5.56 Å². The van der Waals surface area contributed by atoms with E-state index in [0.717, 1.165) is 5.56 Å². The number of nitrogens with zero attached hydrogens (tertiary/aromatic N) is 2. The quantitative estimate of drug-likeness (QED) is 0.603. The molecule has 0 spiro atoms. The molecule has 5 nitrogen and oxygen atoms in total. The van der Waals surface area contributed by atoms with Gasteiger partial charge in [0, 0.05) is 7.05 Å². The van der Waals surface area contributed by atoms with Crippen molar-refractivity contribution in [2.75, 3.05) is 7.05 Å². The van der Waals surface area contributed by atoms with Gasteiger partial charge >= 0.3 is 0 Å². The summed E-state index contributed by atoms with van der Waals surface area (Å²) in [5.41, 5.74) is 0.940. The van der Waals surface area contributed by atoms with E-state index in [4.69, 9.17) is 5.11 Å². The lowest BCUT2D eigenvalue weighted by molar-refractivity contribution is -0.122. The highest BCUT2D eigenvalue weighted by molar-refractivity contribution is 6.35. The minimum Gasteiger partial charge on any atom is -0.508 e. The first-order valence-electron chi connectivity index (χ1n) is 4.94. The Labute approximate surface area is 97.7 Å². The van der Waals surface area contributed by atoms with Crippen LogP contribution in [-0.4, -0.2) is 35.1 Å². The van der Waals surface area contributed by atoms with Crippen LogP contribution in [0.4, 0.5) is 0 Å². The minimum absolute atomic E-state index is 0.0972. The molecule has 1 aliphatic heterocycles. The van der Waals surface area contributed by atoms with Crippen LogP contribution in [0.15, 0.2) is 35.0 Å². The van der Waals surface area contributed by atoms with Crippen LogP contribution in [0, 0.1) is 0 Å². The molecule has 0 atom stereocenters. The van der Waals surface area contributed by atoms with Crippen molar-refractivity contribution in [2.24, 2.45) is 4.99 Å². The maximum Gasteiger partial charge on any atom is 0.277 e. The summed E-state index contributed by atoms with van der Waals surface area (Å²) in [6, 6.07) is 6.34. The highest BCUT2D eigenvalue weighted by Gasteiger charge is 2.25. The van der Waals surface area contributed by atoms with E-state index in [2.05, 4.69) is 4.99 Å². The van der Waals surface area contributed by atoms with Crippen molar-refractivity contribution in [2.45, 2.75) is 0 Å². The summed E-state index contributed by atoms with van der Waals surface area (Å²) in [7, 11) is 1.49. The molecule has 0 radical (unpaired) electrons. The number of amidine groups is 1. The summed E-state index contributed by atoms with van der Waals surface area (Å²) < 4.78 is 0. The Hall–Kier alpha value is -2.43. The largest absolute Gasteiger partial charge is 0.508 e. The van der Waals surface area contributed by atoms with Gasteiger partial charge in [-0.2, -0.15) is 0 Å². The van der Waals surface area contributed by atoms with E-state index in [1.807, 2.05) is 0 Å². The van der Waals surface area contributed by atoms with Crippen molar-refractivity contribution in [3.63, 3.8) is 0 Å². The highest BCUT2D eigenvalue weighted by atomic mass is 16.3. The zero-order chi connectivity index (χ0) is 12.4. The van der Waals surface area contributed by atoms with Gasteiger partial charge in [0.05, 0.1) is 0 Å². The molecule has 5 heteroatoms. The second kappa shape index (κ2) is 4.21.